The first-order valence-corrected chi connectivity index (χ1v) is 4.92. The van der Waals surface area contributed by atoms with Crippen molar-refractivity contribution < 1.29 is 14.3 Å². The van der Waals surface area contributed by atoms with E-state index in [2.05, 4.69) is 0 Å². The molecule has 0 saturated heterocycles. The van der Waals surface area contributed by atoms with Crippen molar-refractivity contribution >= 4 is 5.97 Å². The number of benzene rings is 1. The summed E-state index contributed by atoms with van der Waals surface area (Å²) in [5.74, 6) is -1.54. The predicted molar refractivity (Wildman–Crippen MR) is 56.7 cm³/mol. The van der Waals surface area contributed by atoms with E-state index in [1.807, 2.05) is 20.8 Å². The lowest BCUT2D eigenvalue weighted by atomic mass is 9.81. The lowest BCUT2D eigenvalue weighted by Crippen LogP contribution is -2.18. The molecule has 0 heterocycles. The lowest BCUT2D eigenvalue weighted by molar-refractivity contribution is 0.0696. The molecule has 1 N–H and O–H groups in total. The summed E-state index contributed by atoms with van der Waals surface area (Å²) in [6, 6.07) is 4.08. The van der Waals surface area contributed by atoms with Gasteiger partial charge in [-0.05, 0) is 29.5 Å². The summed E-state index contributed by atoms with van der Waals surface area (Å²) < 4.78 is 13.6. The molecule has 82 valence electrons. The number of carbonyl (C=O) groups is 1. The van der Waals surface area contributed by atoms with Crippen LogP contribution in [0.1, 0.15) is 43.1 Å². The lowest BCUT2D eigenvalue weighted by Gasteiger charge is -2.23. The van der Waals surface area contributed by atoms with E-state index >= 15 is 0 Å². The molecule has 1 aromatic rings. The Kier molecular flexibility index (Phi) is 3.12. The Morgan fingerprint density at radius 1 is 1.47 bits per heavy atom. The van der Waals surface area contributed by atoms with Gasteiger partial charge in [0.15, 0.2) is 0 Å². The van der Waals surface area contributed by atoms with Gasteiger partial charge in [-0.25, -0.2) is 9.18 Å². The minimum atomic E-state index is -1.10. The molecule has 1 rings (SSSR count). The highest BCUT2D eigenvalue weighted by atomic mass is 19.1. The molecular weight excluding hydrogens is 195 g/mol. The monoisotopic (exact) mass is 210 g/mol. The highest BCUT2D eigenvalue weighted by Gasteiger charge is 2.22. The molecule has 0 bridgehead atoms. The van der Waals surface area contributed by atoms with Crippen molar-refractivity contribution in [2.75, 3.05) is 0 Å². The molecule has 0 atom stereocenters. The zero-order valence-corrected chi connectivity index (χ0v) is 9.17. The van der Waals surface area contributed by atoms with Gasteiger partial charge in [0.1, 0.15) is 5.82 Å². The molecule has 0 unspecified atom stereocenters. The van der Waals surface area contributed by atoms with Crippen LogP contribution in [0.4, 0.5) is 4.39 Å². The third-order valence-electron chi connectivity index (χ3n) is 2.83. The van der Waals surface area contributed by atoms with E-state index in [-0.39, 0.29) is 11.0 Å². The number of aromatic carboxylic acids is 1. The van der Waals surface area contributed by atoms with Crippen LogP contribution in [0.25, 0.3) is 0 Å². The van der Waals surface area contributed by atoms with Crippen LogP contribution < -0.4 is 0 Å². The summed E-state index contributed by atoms with van der Waals surface area (Å²) in [5.41, 5.74) is 0.291. The van der Waals surface area contributed by atoms with Gasteiger partial charge in [0.2, 0.25) is 0 Å². The Morgan fingerprint density at radius 2 is 2.07 bits per heavy atom. The van der Waals surface area contributed by atoms with Crippen molar-refractivity contribution in [2.24, 2.45) is 0 Å². The third kappa shape index (κ3) is 2.35. The number of carboxylic acids is 1. The summed E-state index contributed by atoms with van der Waals surface area (Å²) in [6.07, 6.45) is 0.802. The van der Waals surface area contributed by atoms with Crippen LogP contribution in [0.3, 0.4) is 0 Å². The fourth-order valence-corrected chi connectivity index (χ4v) is 1.39. The molecule has 0 aliphatic carbocycles. The Balaban J connectivity index is 3.19. The Hall–Kier alpha value is -1.38. The minimum absolute atomic E-state index is 0.0110. The van der Waals surface area contributed by atoms with Crippen molar-refractivity contribution in [3.05, 3.63) is 35.1 Å². The molecule has 0 aliphatic rings. The van der Waals surface area contributed by atoms with Crippen molar-refractivity contribution in [3.63, 3.8) is 0 Å². The van der Waals surface area contributed by atoms with E-state index < -0.39 is 11.8 Å². The van der Waals surface area contributed by atoms with Gasteiger partial charge >= 0.3 is 5.97 Å². The highest BCUT2D eigenvalue weighted by Crippen LogP contribution is 2.29. The van der Waals surface area contributed by atoms with Gasteiger partial charge in [-0.15, -0.1) is 0 Å². The largest absolute Gasteiger partial charge is 0.478 e. The average Bonchev–Trinajstić information content (AvgIpc) is 2.17. The first-order valence-electron chi connectivity index (χ1n) is 4.92. The summed E-state index contributed by atoms with van der Waals surface area (Å²) in [7, 11) is 0. The van der Waals surface area contributed by atoms with Gasteiger partial charge in [-0.3, -0.25) is 0 Å². The first kappa shape index (κ1) is 11.7. The molecular formula is C12H15FO2. The second kappa shape index (κ2) is 4.01. The number of rotatable bonds is 3. The number of halogens is 1. The van der Waals surface area contributed by atoms with Gasteiger partial charge in [0, 0.05) is 0 Å². The third-order valence-corrected chi connectivity index (χ3v) is 2.83. The molecule has 0 aliphatic heterocycles. The molecule has 15 heavy (non-hydrogen) atoms. The van der Waals surface area contributed by atoms with Crippen molar-refractivity contribution in [2.45, 2.75) is 32.6 Å². The average molecular weight is 210 g/mol. The number of hydrogen-bond donors (Lipinski definition) is 1. The SMILES string of the molecule is CCC(C)(C)c1ccc(C(=O)O)cc1F. The smallest absolute Gasteiger partial charge is 0.335 e. The summed E-state index contributed by atoms with van der Waals surface area (Å²) in [4.78, 5) is 10.6. The number of carboxylic acid groups (broad SMARTS) is 1. The summed E-state index contributed by atoms with van der Waals surface area (Å²) in [5, 5.41) is 8.69. The Bertz CT molecular complexity index is 383. The standard InChI is InChI=1S/C12H15FO2/c1-4-12(2,3)9-6-5-8(11(14)15)7-10(9)13/h5-7H,4H2,1-3H3,(H,14,15). The fraction of sp³-hybridized carbons (Fsp3) is 0.417. The molecule has 2 nitrogen and oxygen atoms in total. The minimum Gasteiger partial charge on any atom is -0.478 e. The summed E-state index contributed by atoms with van der Waals surface area (Å²) in [6.45, 7) is 5.85. The van der Waals surface area contributed by atoms with E-state index in [1.165, 1.54) is 6.07 Å². The highest BCUT2D eigenvalue weighted by molar-refractivity contribution is 5.87. The maximum absolute atomic E-state index is 13.6. The van der Waals surface area contributed by atoms with Gasteiger partial charge in [0.05, 0.1) is 5.56 Å². The van der Waals surface area contributed by atoms with Crippen LogP contribution in [0.15, 0.2) is 18.2 Å². The quantitative estimate of drug-likeness (QED) is 0.831. The Morgan fingerprint density at radius 3 is 2.47 bits per heavy atom. The maximum atomic E-state index is 13.6. The molecule has 0 saturated carbocycles. The van der Waals surface area contributed by atoms with Crippen molar-refractivity contribution in [1.29, 1.82) is 0 Å². The van der Waals surface area contributed by atoms with Gasteiger partial charge < -0.3 is 5.11 Å². The van der Waals surface area contributed by atoms with E-state index in [1.54, 1.807) is 6.07 Å². The summed E-state index contributed by atoms with van der Waals surface area (Å²) >= 11 is 0. The molecule has 0 spiro atoms. The van der Waals surface area contributed by atoms with Crippen LogP contribution in [0, 0.1) is 5.82 Å². The topological polar surface area (TPSA) is 37.3 Å². The van der Waals surface area contributed by atoms with E-state index in [0.29, 0.717) is 5.56 Å². The molecule has 3 heteroatoms. The maximum Gasteiger partial charge on any atom is 0.335 e. The predicted octanol–water partition coefficient (Wildman–Crippen LogP) is 3.21. The molecule has 1 aromatic carbocycles. The fourth-order valence-electron chi connectivity index (χ4n) is 1.39. The molecule has 0 aromatic heterocycles. The van der Waals surface area contributed by atoms with Crippen LogP contribution >= 0.6 is 0 Å². The Labute approximate surface area is 88.7 Å². The van der Waals surface area contributed by atoms with Gasteiger partial charge in [-0.1, -0.05) is 26.8 Å². The van der Waals surface area contributed by atoms with Crippen LogP contribution in [0.5, 0.6) is 0 Å². The zero-order valence-electron chi connectivity index (χ0n) is 9.17. The van der Waals surface area contributed by atoms with E-state index in [9.17, 15) is 9.18 Å². The van der Waals surface area contributed by atoms with Gasteiger partial charge in [-0.2, -0.15) is 0 Å². The normalized spacial score (nSPS) is 11.5. The molecule has 0 fully saturated rings. The second-order valence-corrected chi connectivity index (χ2v) is 4.24. The molecule has 0 radical (unpaired) electrons. The molecule has 0 amide bonds. The van der Waals surface area contributed by atoms with Crippen LogP contribution in [-0.4, -0.2) is 11.1 Å². The number of hydrogen-bond acceptors (Lipinski definition) is 1. The van der Waals surface area contributed by atoms with Crippen LogP contribution in [-0.2, 0) is 5.41 Å². The van der Waals surface area contributed by atoms with Crippen molar-refractivity contribution in [1.82, 2.24) is 0 Å². The van der Waals surface area contributed by atoms with Gasteiger partial charge in [0.25, 0.3) is 0 Å². The van der Waals surface area contributed by atoms with Crippen molar-refractivity contribution in [3.8, 4) is 0 Å². The first-order chi connectivity index (χ1) is 6.88. The second-order valence-electron chi connectivity index (χ2n) is 4.24. The van der Waals surface area contributed by atoms with E-state index in [0.717, 1.165) is 12.5 Å². The van der Waals surface area contributed by atoms with E-state index in [4.69, 9.17) is 5.11 Å². The van der Waals surface area contributed by atoms with Crippen LogP contribution in [0.2, 0.25) is 0 Å². The zero-order chi connectivity index (χ0) is 11.6.